The van der Waals surface area contributed by atoms with E-state index in [2.05, 4.69) is 32.2 Å². The second-order valence-corrected chi connectivity index (χ2v) is 7.87. The van der Waals surface area contributed by atoms with E-state index in [1.165, 1.54) is 12.1 Å². The third-order valence-corrected chi connectivity index (χ3v) is 5.37. The van der Waals surface area contributed by atoms with E-state index in [1.807, 2.05) is 25.1 Å². The predicted octanol–water partition coefficient (Wildman–Crippen LogP) is 4.96. The van der Waals surface area contributed by atoms with Crippen molar-refractivity contribution in [2.45, 2.75) is 19.2 Å². The summed E-state index contributed by atoms with van der Waals surface area (Å²) in [6.45, 7) is 4.95. The van der Waals surface area contributed by atoms with Crippen LogP contribution in [0.5, 0.6) is 5.75 Å². The molecule has 0 spiro atoms. The number of nitrogens with one attached hydrogen (secondary N) is 1. The van der Waals surface area contributed by atoms with E-state index in [9.17, 15) is 8.78 Å². The molecule has 2 unspecified atom stereocenters. The minimum absolute atomic E-state index is 0.157. The van der Waals surface area contributed by atoms with E-state index in [0.717, 1.165) is 40.5 Å². The number of fused-ring (bicyclic) bond motifs is 1. The number of hydrogen-bond acceptors (Lipinski definition) is 4. The standard InChI is InChI=1S/C21H21BrF2N2O2/c1-13(25-18-11-16(23)10-17(24)12-18)19-9-15(22)8-14-2-3-20(28-21(14)19)26-4-6-27-7-5-26/h2-3,8-13,20,25H,4-7H2,1H3. The molecule has 0 amide bonds. The van der Waals surface area contributed by atoms with Crippen LogP contribution < -0.4 is 10.1 Å². The van der Waals surface area contributed by atoms with Crippen molar-refractivity contribution in [3.8, 4) is 5.75 Å². The lowest BCUT2D eigenvalue weighted by Crippen LogP contribution is -2.46. The van der Waals surface area contributed by atoms with Crippen LogP contribution in [0.4, 0.5) is 14.5 Å². The molecule has 4 rings (SSSR count). The smallest absolute Gasteiger partial charge is 0.172 e. The predicted molar refractivity (Wildman–Crippen MR) is 108 cm³/mol. The molecule has 2 aromatic rings. The van der Waals surface area contributed by atoms with E-state index in [0.29, 0.717) is 18.9 Å². The highest BCUT2D eigenvalue weighted by molar-refractivity contribution is 9.10. The quantitative estimate of drug-likeness (QED) is 0.713. The van der Waals surface area contributed by atoms with Crippen molar-refractivity contribution in [3.05, 3.63) is 63.6 Å². The van der Waals surface area contributed by atoms with Crippen molar-refractivity contribution in [1.29, 1.82) is 0 Å². The van der Waals surface area contributed by atoms with E-state index in [1.54, 1.807) is 0 Å². The summed E-state index contributed by atoms with van der Waals surface area (Å²) in [5.74, 6) is -0.450. The van der Waals surface area contributed by atoms with Crippen LogP contribution in [0.1, 0.15) is 24.1 Å². The second-order valence-electron chi connectivity index (χ2n) is 6.95. The highest BCUT2D eigenvalue weighted by Crippen LogP contribution is 2.38. The summed E-state index contributed by atoms with van der Waals surface area (Å²) in [6.07, 6.45) is 3.95. The van der Waals surface area contributed by atoms with Crippen LogP contribution >= 0.6 is 15.9 Å². The first-order valence-corrected chi connectivity index (χ1v) is 10.0. The lowest BCUT2D eigenvalue weighted by Gasteiger charge is -2.35. The van der Waals surface area contributed by atoms with Gasteiger partial charge in [0.1, 0.15) is 17.4 Å². The van der Waals surface area contributed by atoms with Crippen LogP contribution in [0.3, 0.4) is 0 Å². The van der Waals surface area contributed by atoms with Crippen LogP contribution in [0, 0.1) is 11.6 Å². The Morgan fingerprint density at radius 3 is 2.54 bits per heavy atom. The maximum absolute atomic E-state index is 13.5. The van der Waals surface area contributed by atoms with Gasteiger partial charge in [0.25, 0.3) is 0 Å². The fourth-order valence-corrected chi connectivity index (χ4v) is 4.05. The first-order valence-electron chi connectivity index (χ1n) is 9.22. The molecule has 0 bridgehead atoms. The molecule has 148 valence electrons. The zero-order valence-corrected chi connectivity index (χ0v) is 17.0. The van der Waals surface area contributed by atoms with E-state index < -0.39 is 11.6 Å². The van der Waals surface area contributed by atoms with Crippen molar-refractivity contribution in [1.82, 2.24) is 4.90 Å². The molecule has 7 heteroatoms. The Labute approximate surface area is 171 Å². The van der Waals surface area contributed by atoms with Crippen LogP contribution in [0.2, 0.25) is 0 Å². The van der Waals surface area contributed by atoms with Gasteiger partial charge in [-0.3, -0.25) is 4.90 Å². The summed E-state index contributed by atoms with van der Waals surface area (Å²) in [6, 6.07) is 7.17. The molecule has 28 heavy (non-hydrogen) atoms. The van der Waals surface area contributed by atoms with Gasteiger partial charge in [-0.2, -0.15) is 0 Å². The Bertz CT molecular complexity index is 880. The average molecular weight is 451 g/mol. The van der Waals surface area contributed by atoms with E-state index in [-0.39, 0.29) is 12.3 Å². The first kappa shape index (κ1) is 19.4. The first-order chi connectivity index (χ1) is 13.5. The van der Waals surface area contributed by atoms with Crippen molar-refractivity contribution in [2.75, 3.05) is 31.6 Å². The van der Waals surface area contributed by atoms with E-state index >= 15 is 0 Å². The average Bonchev–Trinajstić information content (AvgIpc) is 2.67. The molecular formula is C21H21BrF2N2O2. The van der Waals surface area contributed by atoms with Gasteiger partial charge in [-0.05, 0) is 37.3 Å². The van der Waals surface area contributed by atoms with Gasteiger partial charge < -0.3 is 14.8 Å². The molecule has 1 fully saturated rings. The number of morpholine rings is 1. The molecule has 0 aromatic heterocycles. The molecule has 0 saturated carbocycles. The largest absolute Gasteiger partial charge is 0.471 e. The molecule has 2 aliphatic rings. The molecule has 2 aromatic carbocycles. The summed E-state index contributed by atoms with van der Waals surface area (Å²) in [7, 11) is 0. The summed E-state index contributed by atoms with van der Waals surface area (Å²) in [4.78, 5) is 2.23. The van der Waals surface area contributed by atoms with Gasteiger partial charge in [0.2, 0.25) is 0 Å². The molecule has 2 aliphatic heterocycles. The van der Waals surface area contributed by atoms with Crippen molar-refractivity contribution in [2.24, 2.45) is 0 Å². The second kappa shape index (κ2) is 8.19. The zero-order valence-electron chi connectivity index (χ0n) is 15.4. The monoisotopic (exact) mass is 450 g/mol. The Hall–Kier alpha value is -1.96. The summed E-state index contributed by atoms with van der Waals surface area (Å²) in [5.41, 5.74) is 2.26. The Morgan fingerprint density at radius 1 is 1.11 bits per heavy atom. The van der Waals surface area contributed by atoms with Gasteiger partial charge in [0, 0.05) is 40.4 Å². The highest BCUT2D eigenvalue weighted by atomic mass is 79.9. The van der Waals surface area contributed by atoms with Gasteiger partial charge >= 0.3 is 0 Å². The molecule has 2 heterocycles. The van der Waals surface area contributed by atoms with Crippen LogP contribution in [-0.2, 0) is 4.74 Å². The SMILES string of the molecule is CC(Nc1cc(F)cc(F)c1)c1cc(Br)cc2c1OC(N1CCOCC1)C=C2. The summed E-state index contributed by atoms with van der Waals surface area (Å²) < 4.78 is 39.8. The van der Waals surface area contributed by atoms with Gasteiger partial charge in [0.05, 0.1) is 19.3 Å². The number of nitrogens with zero attached hydrogens (tertiary/aromatic N) is 1. The number of halogens is 3. The Balaban J connectivity index is 1.61. The number of benzene rings is 2. The molecule has 1 saturated heterocycles. The Kier molecular flexibility index (Phi) is 5.66. The number of hydrogen-bond donors (Lipinski definition) is 1. The minimum atomic E-state index is -0.613. The third-order valence-electron chi connectivity index (χ3n) is 4.91. The highest BCUT2D eigenvalue weighted by Gasteiger charge is 2.26. The lowest BCUT2D eigenvalue weighted by molar-refractivity contribution is -0.0263. The van der Waals surface area contributed by atoms with Gasteiger partial charge in [-0.25, -0.2) is 8.78 Å². The maximum atomic E-state index is 13.5. The third kappa shape index (κ3) is 4.21. The van der Waals surface area contributed by atoms with Crippen LogP contribution in [0.25, 0.3) is 6.08 Å². The molecular weight excluding hydrogens is 430 g/mol. The number of ether oxygens (including phenoxy) is 2. The zero-order chi connectivity index (χ0) is 19.7. The molecule has 1 N–H and O–H groups in total. The molecule has 4 nitrogen and oxygen atoms in total. The number of rotatable bonds is 4. The van der Waals surface area contributed by atoms with E-state index in [4.69, 9.17) is 9.47 Å². The summed E-state index contributed by atoms with van der Waals surface area (Å²) in [5, 5.41) is 3.17. The molecule has 2 atom stereocenters. The van der Waals surface area contributed by atoms with Crippen molar-refractivity contribution < 1.29 is 18.3 Å². The molecule has 0 radical (unpaired) electrons. The molecule has 0 aliphatic carbocycles. The fraction of sp³-hybridized carbons (Fsp3) is 0.333. The van der Waals surface area contributed by atoms with Crippen molar-refractivity contribution in [3.63, 3.8) is 0 Å². The minimum Gasteiger partial charge on any atom is -0.471 e. The summed E-state index contributed by atoms with van der Waals surface area (Å²) >= 11 is 3.55. The van der Waals surface area contributed by atoms with Gasteiger partial charge in [0.15, 0.2) is 6.23 Å². The van der Waals surface area contributed by atoms with Gasteiger partial charge in [-0.15, -0.1) is 0 Å². The fourth-order valence-electron chi connectivity index (χ4n) is 3.56. The van der Waals surface area contributed by atoms with Crippen LogP contribution in [-0.4, -0.2) is 37.4 Å². The maximum Gasteiger partial charge on any atom is 0.172 e. The van der Waals surface area contributed by atoms with Crippen molar-refractivity contribution >= 4 is 27.7 Å². The Morgan fingerprint density at radius 2 is 1.82 bits per heavy atom. The van der Waals surface area contributed by atoms with Gasteiger partial charge in [-0.1, -0.05) is 22.0 Å². The topological polar surface area (TPSA) is 33.7 Å². The number of anilines is 1. The lowest BCUT2D eigenvalue weighted by atomic mass is 10.0. The normalized spacial score (nSPS) is 20.4. The van der Waals surface area contributed by atoms with Crippen LogP contribution in [0.15, 0.2) is 40.9 Å².